The third-order valence-electron chi connectivity index (χ3n) is 2.53. The Bertz CT molecular complexity index is 737. The number of pyridine rings is 1. The zero-order chi connectivity index (χ0) is 15.6. The summed E-state index contributed by atoms with van der Waals surface area (Å²) in [5.41, 5.74) is 3.96. The molecule has 0 aliphatic heterocycles. The van der Waals surface area contributed by atoms with Crippen LogP contribution in [0.1, 0.15) is 20.8 Å². The van der Waals surface area contributed by atoms with E-state index in [4.69, 9.17) is 17.3 Å². The van der Waals surface area contributed by atoms with Crippen LogP contribution >= 0.6 is 11.6 Å². The van der Waals surface area contributed by atoms with Crippen molar-refractivity contribution in [2.75, 3.05) is 5.32 Å². The van der Waals surface area contributed by atoms with Crippen molar-refractivity contribution in [2.45, 2.75) is 0 Å². The van der Waals surface area contributed by atoms with Crippen molar-refractivity contribution in [3.63, 3.8) is 0 Å². The van der Waals surface area contributed by atoms with Crippen molar-refractivity contribution in [1.82, 2.24) is 4.98 Å². The molecule has 0 fully saturated rings. The Labute approximate surface area is 122 Å². The summed E-state index contributed by atoms with van der Waals surface area (Å²) in [7, 11) is 0. The molecule has 5 nitrogen and oxygen atoms in total. The number of hydrogen-bond acceptors (Lipinski definition) is 3. The third kappa shape index (κ3) is 3.32. The van der Waals surface area contributed by atoms with Gasteiger partial charge in [0.1, 0.15) is 17.3 Å². The summed E-state index contributed by atoms with van der Waals surface area (Å²) >= 11 is 5.71. The summed E-state index contributed by atoms with van der Waals surface area (Å²) < 4.78 is 26.9. The van der Waals surface area contributed by atoms with Gasteiger partial charge in [0.2, 0.25) is 0 Å². The van der Waals surface area contributed by atoms with Crippen molar-refractivity contribution in [3.05, 3.63) is 58.4 Å². The van der Waals surface area contributed by atoms with Crippen LogP contribution in [0.4, 0.5) is 14.5 Å². The van der Waals surface area contributed by atoms with Gasteiger partial charge >= 0.3 is 0 Å². The van der Waals surface area contributed by atoms with E-state index in [1.807, 2.05) is 0 Å². The Morgan fingerprint density at radius 1 is 1.19 bits per heavy atom. The summed E-state index contributed by atoms with van der Waals surface area (Å²) in [6.45, 7) is 0. The van der Waals surface area contributed by atoms with Gasteiger partial charge in [-0.2, -0.15) is 0 Å². The van der Waals surface area contributed by atoms with E-state index in [1.165, 1.54) is 18.3 Å². The first kappa shape index (κ1) is 14.9. The van der Waals surface area contributed by atoms with Crippen LogP contribution in [0.15, 0.2) is 30.5 Å². The molecule has 0 radical (unpaired) electrons. The number of carbonyl (C=O) groups is 2. The van der Waals surface area contributed by atoms with E-state index < -0.39 is 34.7 Å². The zero-order valence-electron chi connectivity index (χ0n) is 10.4. The van der Waals surface area contributed by atoms with Gasteiger partial charge in [0.25, 0.3) is 11.8 Å². The molecule has 2 amide bonds. The second-order valence-electron chi connectivity index (χ2n) is 3.99. The summed E-state index contributed by atoms with van der Waals surface area (Å²) in [5, 5.41) is 2.44. The lowest BCUT2D eigenvalue weighted by Crippen LogP contribution is -2.18. The van der Waals surface area contributed by atoms with Gasteiger partial charge in [-0.3, -0.25) is 14.6 Å². The number of aromatic nitrogens is 1. The molecule has 0 saturated carbocycles. The molecule has 0 bridgehead atoms. The number of halogens is 3. The Morgan fingerprint density at radius 3 is 2.52 bits per heavy atom. The van der Waals surface area contributed by atoms with Gasteiger partial charge in [0.05, 0.1) is 11.3 Å². The van der Waals surface area contributed by atoms with Crippen LogP contribution < -0.4 is 11.1 Å². The number of hydrogen-bond donors (Lipinski definition) is 2. The minimum atomic E-state index is -1.11. The molecule has 1 heterocycles. The number of carbonyl (C=O) groups excluding carboxylic acids is 2. The molecule has 1 aromatic carbocycles. The van der Waals surface area contributed by atoms with Gasteiger partial charge < -0.3 is 11.1 Å². The van der Waals surface area contributed by atoms with Gasteiger partial charge in [-0.1, -0.05) is 11.6 Å². The van der Waals surface area contributed by atoms with Crippen LogP contribution in [-0.4, -0.2) is 16.8 Å². The van der Waals surface area contributed by atoms with E-state index >= 15 is 0 Å². The average molecular weight is 312 g/mol. The molecule has 2 rings (SSSR count). The lowest BCUT2D eigenvalue weighted by atomic mass is 10.1. The van der Waals surface area contributed by atoms with E-state index in [1.54, 1.807) is 0 Å². The lowest BCUT2D eigenvalue weighted by molar-refractivity contribution is 0.0991. The summed E-state index contributed by atoms with van der Waals surface area (Å²) in [6.07, 6.45) is 1.30. The number of nitrogens with one attached hydrogen (secondary N) is 1. The number of benzene rings is 1. The Kier molecular flexibility index (Phi) is 4.13. The third-order valence-corrected chi connectivity index (χ3v) is 2.76. The molecular formula is C13H8ClF2N3O2. The number of amides is 2. The highest BCUT2D eigenvalue weighted by molar-refractivity contribution is 6.30. The maximum atomic E-state index is 13.6. The normalized spacial score (nSPS) is 10.2. The predicted molar refractivity (Wildman–Crippen MR) is 72.1 cm³/mol. The fourth-order valence-electron chi connectivity index (χ4n) is 1.55. The van der Waals surface area contributed by atoms with Crippen LogP contribution in [-0.2, 0) is 0 Å². The van der Waals surface area contributed by atoms with Crippen LogP contribution in [0.25, 0.3) is 0 Å². The summed E-state index contributed by atoms with van der Waals surface area (Å²) in [5.74, 6) is -4.01. The van der Waals surface area contributed by atoms with E-state index in [0.717, 1.165) is 6.07 Å². The minimum Gasteiger partial charge on any atom is -0.366 e. The molecule has 8 heteroatoms. The van der Waals surface area contributed by atoms with Crippen LogP contribution in [0.2, 0.25) is 5.02 Å². The Hall–Kier alpha value is -2.54. The Morgan fingerprint density at radius 2 is 1.90 bits per heavy atom. The lowest BCUT2D eigenvalue weighted by Gasteiger charge is -2.08. The quantitative estimate of drug-likeness (QED) is 0.912. The van der Waals surface area contributed by atoms with Gasteiger partial charge in [0, 0.05) is 17.3 Å². The summed E-state index contributed by atoms with van der Waals surface area (Å²) in [6, 6.07) is 4.01. The van der Waals surface area contributed by atoms with Crippen molar-refractivity contribution in [3.8, 4) is 0 Å². The van der Waals surface area contributed by atoms with Crippen LogP contribution in [0, 0.1) is 11.6 Å². The molecule has 0 spiro atoms. The fourth-order valence-corrected chi connectivity index (χ4v) is 1.71. The molecule has 21 heavy (non-hydrogen) atoms. The topological polar surface area (TPSA) is 85.1 Å². The SMILES string of the molecule is NC(=O)c1cc(NC(=O)c2cc(Cl)ccn2)c(F)cc1F. The van der Waals surface area contributed by atoms with E-state index in [-0.39, 0.29) is 10.7 Å². The highest BCUT2D eigenvalue weighted by atomic mass is 35.5. The summed E-state index contributed by atoms with van der Waals surface area (Å²) in [4.78, 5) is 26.6. The van der Waals surface area contributed by atoms with Crippen LogP contribution in [0.5, 0.6) is 0 Å². The molecule has 0 atom stereocenters. The zero-order valence-corrected chi connectivity index (χ0v) is 11.1. The monoisotopic (exact) mass is 311 g/mol. The van der Waals surface area contributed by atoms with Gasteiger partial charge in [-0.05, 0) is 18.2 Å². The first-order valence-electron chi connectivity index (χ1n) is 5.60. The van der Waals surface area contributed by atoms with E-state index in [0.29, 0.717) is 6.07 Å². The van der Waals surface area contributed by atoms with Gasteiger partial charge in [-0.15, -0.1) is 0 Å². The first-order valence-corrected chi connectivity index (χ1v) is 5.98. The minimum absolute atomic E-state index is 0.0631. The largest absolute Gasteiger partial charge is 0.366 e. The molecule has 3 N–H and O–H groups in total. The maximum absolute atomic E-state index is 13.6. The molecule has 0 aliphatic carbocycles. The number of nitrogens with two attached hydrogens (primary N) is 1. The second-order valence-corrected chi connectivity index (χ2v) is 4.43. The molecule has 2 aromatic rings. The van der Waals surface area contributed by atoms with Gasteiger partial charge in [-0.25, -0.2) is 8.78 Å². The first-order chi connectivity index (χ1) is 9.88. The smallest absolute Gasteiger partial charge is 0.274 e. The van der Waals surface area contributed by atoms with Crippen molar-refractivity contribution in [2.24, 2.45) is 5.73 Å². The highest BCUT2D eigenvalue weighted by Crippen LogP contribution is 2.20. The number of anilines is 1. The average Bonchev–Trinajstić information content (AvgIpc) is 2.41. The van der Waals surface area contributed by atoms with Crippen molar-refractivity contribution < 1.29 is 18.4 Å². The molecule has 1 aromatic heterocycles. The Balaban J connectivity index is 2.33. The number of rotatable bonds is 3. The van der Waals surface area contributed by atoms with Crippen molar-refractivity contribution in [1.29, 1.82) is 0 Å². The predicted octanol–water partition coefficient (Wildman–Crippen LogP) is 2.36. The molecule has 0 unspecified atom stereocenters. The van der Waals surface area contributed by atoms with Crippen LogP contribution in [0.3, 0.4) is 0 Å². The second kappa shape index (κ2) is 5.84. The molecular weight excluding hydrogens is 304 g/mol. The fraction of sp³-hybridized carbons (Fsp3) is 0. The van der Waals surface area contributed by atoms with Crippen molar-refractivity contribution >= 4 is 29.1 Å². The number of nitrogens with zero attached hydrogens (tertiary/aromatic N) is 1. The maximum Gasteiger partial charge on any atom is 0.274 e. The highest BCUT2D eigenvalue weighted by Gasteiger charge is 2.16. The van der Waals surface area contributed by atoms with E-state index in [2.05, 4.69) is 10.3 Å². The molecule has 108 valence electrons. The standard InChI is InChI=1S/C13H8ClF2N3O2/c14-6-1-2-18-11(3-6)13(21)19-10-4-7(12(17)20)8(15)5-9(10)16/h1-5H,(H2,17,20)(H,19,21). The van der Waals surface area contributed by atoms with E-state index in [9.17, 15) is 18.4 Å². The molecule has 0 saturated heterocycles. The number of primary amides is 1. The molecule has 0 aliphatic rings. The van der Waals surface area contributed by atoms with Gasteiger partial charge in [0.15, 0.2) is 0 Å².